The minimum absolute atomic E-state index is 0.0869. The molecule has 1 aliphatic carbocycles. The van der Waals surface area contributed by atoms with Crippen LogP contribution in [0.1, 0.15) is 25.0 Å². The molecule has 0 spiro atoms. The summed E-state index contributed by atoms with van der Waals surface area (Å²) in [4.78, 5) is 0. The standard InChI is InChI=1S/C53H36/c1-53(2)49-32-40(23-26-45(49)48-30-36-13-6-7-14-37(36)31-50(48)53)42-18-9-8-17-41(42)38-15-10-16-39(29-38)44-25-20-35-21-27-46-43(33-11-4-3-5-12-33)24-19-34-22-28-47(44)52(35)51(34)46/h3-32H,1-2H3. The Kier molecular flexibility index (Phi) is 6.40. The molecule has 0 heteroatoms. The molecule has 0 atom stereocenters. The maximum Gasteiger partial charge on any atom is 0.0159 e. The van der Waals surface area contributed by atoms with E-state index in [0.29, 0.717) is 0 Å². The van der Waals surface area contributed by atoms with Crippen LogP contribution in [-0.2, 0) is 5.41 Å². The molecule has 0 saturated carbocycles. The zero-order valence-corrected chi connectivity index (χ0v) is 29.8. The molecule has 11 rings (SSSR count). The Morgan fingerprint density at radius 2 is 0.774 bits per heavy atom. The van der Waals surface area contributed by atoms with Crippen molar-refractivity contribution >= 4 is 43.1 Å². The topological polar surface area (TPSA) is 0 Å². The Balaban J connectivity index is 1.03. The van der Waals surface area contributed by atoms with Crippen LogP contribution in [0.2, 0.25) is 0 Å². The number of hydrogen-bond acceptors (Lipinski definition) is 0. The smallest absolute Gasteiger partial charge is 0.0159 e. The zero-order valence-electron chi connectivity index (χ0n) is 29.8. The van der Waals surface area contributed by atoms with Crippen molar-refractivity contribution in [3.05, 3.63) is 193 Å². The lowest BCUT2D eigenvalue weighted by molar-refractivity contribution is 0.661. The Labute approximate surface area is 310 Å². The molecule has 1 aliphatic rings. The van der Waals surface area contributed by atoms with Crippen molar-refractivity contribution in [1.29, 1.82) is 0 Å². The molecule has 248 valence electrons. The number of benzene rings is 10. The van der Waals surface area contributed by atoms with Crippen molar-refractivity contribution in [2.75, 3.05) is 0 Å². The minimum atomic E-state index is -0.0869. The van der Waals surface area contributed by atoms with Crippen LogP contribution in [0.4, 0.5) is 0 Å². The normalized spacial score (nSPS) is 13.2. The van der Waals surface area contributed by atoms with Gasteiger partial charge in [0.1, 0.15) is 0 Å². The van der Waals surface area contributed by atoms with E-state index in [1.165, 1.54) is 110 Å². The molecular formula is C53H36. The number of fused-ring (bicyclic) bond motifs is 4. The molecule has 53 heavy (non-hydrogen) atoms. The molecule has 0 fully saturated rings. The second-order valence-electron chi connectivity index (χ2n) is 15.3. The van der Waals surface area contributed by atoms with Crippen LogP contribution in [0.3, 0.4) is 0 Å². The summed E-state index contributed by atoms with van der Waals surface area (Å²) >= 11 is 0. The van der Waals surface area contributed by atoms with E-state index in [4.69, 9.17) is 0 Å². The van der Waals surface area contributed by atoms with Gasteiger partial charge in [0, 0.05) is 5.41 Å². The maximum absolute atomic E-state index is 2.45. The molecule has 0 unspecified atom stereocenters. The van der Waals surface area contributed by atoms with Gasteiger partial charge in [0.15, 0.2) is 0 Å². The fourth-order valence-electron chi connectivity index (χ4n) is 9.35. The molecule has 0 amide bonds. The van der Waals surface area contributed by atoms with Crippen molar-refractivity contribution in [3.8, 4) is 55.6 Å². The van der Waals surface area contributed by atoms with Gasteiger partial charge >= 0.3 is 0 Å². The van der Waals surface area contributed by atoms with Gasteiger partial charge in [0.2, 0.25) is 0 Å². The molecule has 10 aromatic rings. The van der Waals surface area contributed by atoms with Gasteiger partial charge in [-0.3, -0.25) is 0 Å². The summed E-state index contributed by atoms with van der Waals surface area (Å²) in [6.45, 7) is 4.76. The quantitative estimate of drug-likeness (QED) is 0.163. The lowest BCUT2D eigenvalue weighted by Crippen LogP contribution is -2.15. The van der Waals surface area contributed by atoms with E-state index in [0.717, 1.165) is 0 Å². The highest BCUT2D eigenvalue weighted by Gasteiger charge is 2.36. The monoisotopic (exact) mass is 672 g/mol. The van der Waals surface area contributed by atoms with Gasteiger partial charge < -0.3 is 0 Å². The molecule has 0 radical (unpaired) electrons. The first-order chi connectivity index (χ1) is 26.0. The van der Waals surface area contributed by atoms with Crippen LogP contribution < -0.4 is 0 Å². The minimum Gasteiger partial charge on any atom is -0.0622 e. The van der Waals surface area contributed by atoms with E-state index in [-0.39, 0.29) is 5.41 Å². The fourth-order valence-corrected chi connectivity index (χ4v) is 9.35. The molecule has 0 aromatic heterocycles. The Bertz CT molecular complexity index is 3070. The second kappa shape index (κ2) is 11.2. The lowest BCUT2D eigenvalue weighted by atomic mass is 9.80. The van der Waals surface area contributed by atoms with Gasteiger partial charge in [-0.05, 0) is 134 Å². The second-order valence-corrected chi connectivity index (χ2v) is 15.3. The predicted molar refractivity (Wildman–Crippen MR) is 227 cm³/mol. The Morgan fingerprint density at radius 3 is 1.45 bits per heavy atom. The van der Waals surface area contributed by atoms with Crippen LogP contribution >= 0.6 is 0 Å². The van der Waals surface area contributed by atoms with Gasteiger partial charge in [0.05, 0.1) is 0 Å². The molecular weight excluding hydrogens is 637 g/mol. The summed E-state index contributed by atoms with van der Waals surface area (Å²) in [5.74, 6) is 0. The summed E-state index contributed by atoms with van der Waals surface area (Å²) in [6.07, 6.45) is 0. The van der Waals surface area contributed by atoms with Crippen LogP contribution in [0.5, 0.6) is 0 Å². The maximum atomic E-state index is 2.45. The van der Waals surface area contributed by atoms with E-state index in [1.807, 2.05) is 0 Å². The van der Waals surface area contributed by atoms with E-state index in [1.54, 1.807) is 0 Å². The van der Waals surface area contributed by atoms with Crippen LogP contribution in [0, 0.1) is 0 Å². The van der Waals surface area contributed by atoms with Crippen molar-refractivity contribution in [3.63, 3.8) is 0 Å². The average Bonchev–Trinajstić information content (AvgIpc) is 3.43. The summed E-state index contributed by atoms with van der Waals surface area (Å²) < 4.78 is 0. The summed E-state index contributed by atoms with van der Waals surface area (Å²) in [5.41, 5.74) is 15.5. The highest BCUT2D eigenvalue weighted by Crippen LogP contribution is 2.51. The molecule has 0 saturated heterocycles. The average molecular weight is 673 g/mol. The van der Waals surface area contributed by atoms with E-state index in [9.17, 15) is 0 Å². The SMILES string of the molecule is CC1(C)c2cc(-c3ccccc3-c3cccc(-c4ccc5ccc6c(-c7ccccc7)ccc7ccc4c5c76)c3)ccc2-c2cc3ccccc3cc21. The summed E-state index contributed by atoms with van der Waals surface area (Å²) in [6, 6.07) is 67.9. The van der Waals surface area contributed by atoms with Gasteiger partial charge in [-0.2, -0.15) is 0 Å². The first-order valence-corrected chi connectivity index (χ1v) is 18.7. The van der Waals surface area contributed by atoms with Crippen molar-refractivity contribution < 1.29 is 0 Å². The van der Waals surface area contributed by atoms with Crippen molar-refractivity contribution in [2.24, 2.45) is 0 Å². The van der Waals surface area contributed by atoms with E-state index < -0.39 is 0 Å². The highest BCUT2D eigenvalue weighted by molar-refractivity contribution is 6.27. The predicted octanol–water partition coefficient (Wildman–Crippen LogP) is 14.7. The third-order valence-electron chi connectivity index (χ3n) is 12.0. The first-order valence-electron chi connectivity index (χ1n) is 18.7. The molecule has 0 heterocycles. The number of rotatable bonds is 4. The molecule has 10 aromatic carbocycles. The molecule has 0 N–H and O–H groups in total. The van der Waals surface area contributed by atoms with Crippen molar-refractivity contribution in [1.82, 2.24) is 0 Å². The fraction of sp³-hybridized carbons (Fsp3) is 0.0566. The summed E-state index contributed by atoms with van der Waals surface area (Å²) in [5, 5.41) is 10.5. The van der Waals surface area contributed by atoms with E-state index in [2.05, 4.69) is 196 Å². The molecule has 0 aliphatic heterocycles. The first kappa shape index (κ1) is 30.2. The van der Waals surface area contributed by atoms with Gasteiger partial charge in [0.25, 0.3) is 0 Å². The van der Waals surface area contributed by atoms with Crippen LogP contribution in [-0.4, -0.2) is 0 Å². The molecule has 0 nitrogen and oxygen atoms in total. The van der Waals surface area contributed by atoms with Gasteiger partial charge in [-0.1, -0.05) is 172 Å². The van der Waals surface area contributed by atoms with Crippen LogP contribution in [0.25, 0.3) is 98.7 Å². The van der Waals surface area contributed by atoms with E-state index >= 15 is 0 Å². The Hall–Kier alpha value is -6.50. The zero-order chi connectivity index (χ0) is 35.3. The highest BCUT2D eigenvalue weighted by atomic mass is 14.4. The molecule has 0 bridgehead atoms. The number of hydrogen-bond donors (Lipinski definition) is 0. The summed E-state index contributed by atoms with van der Waals surface area (Å²) in [7, 11) is 0. The Morgan fingerprint density at radius 1 is 0.283 bits per heavy atom. The largest absolute Gasteiger partial charge is 0.0622 e. The van der Waals surface area contributed by atoms with Crippen molar-refractivity contribution in [2.45, 2.75) is 19.3 Å². The van der Waals surface area contributed by atoms with Crippen LogP contribution in [0.15, 0.2) is 182 Å². The lowest BCUT2D eigenvalue weighted by Gasteiger charge is -2.22. The third kappa shape index (κ3) is 4.49. The third-order valence-corrected chi connectivity index (χ3v) is 12.0. The van der Waals surface area contributed by atoms with Gasteiger partial charge in [-0.25, -0.2) is 0 Å². The van der Waals surface area contributed by atoms with Gasteiger partial charge in [-0.15, -0.1) is 0 Å².